The Morgan fingerprint density at radius 3 is 2.00 bits per heavy atom. The van der Waals surface area contributed by atoms with Crippen LogP contribution >= 0.6 is 0 Å². The van der Waals surface area contributed by atoms with Gasteiger partial charge in [0.05, 0.1) is 12.5 Å². The predicted octanol–water partition coefficient (Wildman–Crippen LogP) is -3.47. The molecular formula is C12H21N5O6. The number of rotatable bonds is 10. The van der Waals surface area contributed by atoms with Gasteiger partial charge in [-0.15, -0.1) is 0 Å². The van der Waals surface area contributed by atoms with Gasteiger partial charge >= 0.3 is 5.97 Å². The fourth-order valence-electron chi connectivity index (χ4n) is 1.54. The number of nitrogens with two attached hydrogens (primary N) is 3. The van der Waals surface area contributed by atoms with Crippen molar-refractivity contribution >= 4 is 29.6 Å². The zero-order chi connectivity index (χ0) is 18.2. The molecule has 0 rings (SSSR count). The zero-order valence-corrected chi connectivity index (χ0v) is 12.6. The van der Waals surface area contributed by atoms with Crippen molar-refractivity contribution in [3.63, 3.8) is 0 Å². The van der Waals surface area contributed by atoms with Gasteiger partial charge in [-0.05, 0) is 13.3 Å². The summed E-state index contributed by atoms with van der Waals surface area (Å²) in [5.74, 6) is -4.40. The van der Waals surface area contributed by atoms with E-state index in [1.807, 2.05) is 0 Å². The summed E-state index contributed by atoms with van der Waals surface area (Å²) in [5.41, 5.74) is 15.2. The lowest BCUT2D eigenvalue weighted by molar-refractivity contribution is -0.142. The molecule has 0 aliphatic rings. The second-order valence-electron chi connectivity index (χ2n) is 4.91. The van der Waals surface area contributed by atoms with Crippen LogP contribution in [0, 0.1) is 0 Å². The van der Waals surface area contributed by atoms with E-state index in [0.717, 1.165) is 0 Å². The molecular weight excluding hydrogens is 310 g/mol. The first-order chi connectivity index (χ1) is 10.5. The average molecular weight is 331 g/mol. The third-order valence-electron chi connectivity index (χ3n) is 2.80. The Bertz CT molecular complexity index is 494. The van der Waals surface area contributed by atoms with Crippen molar-refractivity contribution in [2.75, 3.05) is 0 Å². The van der Waals surface area contributed by atoms with Crippen LogP contribution in [0.2, 0.25) is 0 Å². The molecule has 0 aliphatic carbocycles. The van der Waals surface area contributed by atoms with Gasteiger partial charge in [-0.25, -0.2) is 4.79 Å². The number of primary amides is 2. The number of carbonyl (C=O) groups excluding carboxylic acids is 4. The summed E-state index contributed by atoms with van der Waals surface area (Å²) >= 11 is 0. The van der Waals surface area contributed by atoms with Crippen LogP contribution in [-0.2, 0) is 24.0 Å². The van der Waals surface area contributed by atoms with Gasteiger partial charge in [0, 0.05) is 6.42 Å². The number of carboxylic acid groups (broad SMARTS) is 1. The first kappa shape index (κ1) is 20.3. The first-order valence-electron chi connectivity index (χ1n) is 6.70. The van der Waals surface area contributed by atoms with Crippen molar-refractivity contribution < 1.29 is 29.1 Å². The fraction of sp³-hybridized carbons (Fsp3) is 0.583. The van der Waals surface area contributed by atoms with E-state index < -0.39 is 54.1 Å². The maximum atomic E-state index is 11.8. The molecule has 0 aromatic rings. The number of aliphatic carboxylic acids is 1. The van der Waals surface area contributed by atoms with Crippen LogP contribution in [0.1, 0.15) is 26.2 Å². The van der Waals surface area contributed by atoms with Gasteiger partial charge in [0.15, 0.2) is 0 Å². The third-order valence-corrected chi connectivity index (χ3v) is 2.80. The van der Waals surface area contributed by atoms with Crippen LogP contribution in [0.25, 0.3) is 0 Å². The summed E-state index contributed by atoms with van der Waals surface area (Å²) in [6.45, 7) is 1.30. The lowest BCUT2D eigenvalue weighted by Gasteiger charge is -2.19. The third kappa shape index (κ3) is 8.36. The molecule has 23 heavy (non-hydrogen) atoms. The van der Waals surface area contributed by atoms with Crippen molar-refractivity contribution in [3.8, 4) is 0 Å². The van der Waals surface area contributed by atoms with E-state index in [1.165, 1.54) is 6.92 Å². The molecule has 0 aromatic carbocycles. The molecule has 0 aliphatic heterocycles. The highest BCUT2D eigenvalue weighted by molar-refractivity contribution is 5.93. The number of nitrogens with one attached hydrogen (secondary N) is 2. The topological polar surface area (TPSA) is 208 Å². The normalized spacial score (nSPS) is 14.2. The largest absolute Gasteiger partial charge is 0.480 e. The van der Waals surface area contributed by atoms with Gasteiger partial charge in [-0.2, -0.15) is 0 Å². The molecule has 0 unspecified atom stereocenters. The Hall–Kier alpha value is -2.69. The summed E-state index contributed by atoms with van der Waals surface area (Å²) in [5, 5.41) is 13.3. The Kier molecular flexibility index (Phi) is 8.26. The number of carboxylic acids is 1. The second kappa shape index (κ2) is 9.35. The van der Waals surface area contributed by atoms with E-state index in [1.54, 1.807) is 0 Å². The van der Waals surface area contributed by atoms with Crippen LogP contribution in [0.4, 0.5) is 0 Å². The monoisotopic (exact) mass is 331 g/mol. The van der Waals surface area contributed by atoms with E-state index in [4.69, 9.17) is 22.3 Å². The second-order valence-corrected chi connectivity index (χ2v) is 4.91. The molecule has 0 spiro atoms. The molecule has 0 radical (unpaired) electrons. The maximum absolute atomic E-state index is 11.8. The van der Waals surface area contributed by atoms with Crippen molar-refractivity contribution in [2.45, 2.75) is 44.3 Å². The van der Waals surface area contributed by atoms with Gasteiger partial charge in [-0.3, -0.25) is 19.2 Å². The Balaban J connectivity index is 4.56. The maximum Gasteiger partial charge on any atom is 0.326 e. The van der Waals surface area contributed by atoms with Crippen molar-refractivity contribution in [1.82, 2.24) is 10.6 Å². The Labute approximate surface area is 131 Å². The molecule has 3 atom stereocenters. The van der Waals surface area contributed by atoms with E-state index in [9.17, 15) is 24.0 Å². The summed E-state index contributed by atoms with van der Waals surface area (Å²) in [7, 11) is 0. The van der Waals surface area contributed by atoms with Gasteiger partial charge in [-0.1, -0.05) is 0 Å². The van der Waals surface area contributed by atoms with Gasteiger partial charge in [0.1, 0.15) is 12.1 Å². The quantitative estimate of drug-likeness (QED) is 0.238. The van der Waals surface area contributed by atoms with E-state index in [0.29, 0.717) is 0 Å². The van der Waals surface area contributed by atoms with Crippen LogP contribution in [0.3, 0.4) is 0 Å². The lowest BCUT2D eigenvalue weighted by atomic mass is 10.1. The van der Waals surface area contributed by atoms with Gasteiger partial charge < -0.3 is 32.9 Å². The summed E-state index contributed by atoms with van der Waals surface area (Å²) in [4.78, 5) is 55.8. The van der Waals surface area contributed by atoms with Crippen molar-refractivity contribution in [3.05, 3.63) is 0 Å². The van der Waals surface area contributed by atoms with Crippen molar-refractivity contribution in [1.29, 1.82) is 0 Å². The van der Waals surface area contributed by atoms with Crippen LogP contribution < -0.4 is 27.8 Å². The fourth-order valence-corrected chi connectivity index (χ4v) is 1.54. The zero-order valence-electron chi connectivity index (χ0n) is 12.6. The molecule has 0 fully saturated rings. The van der Waals surface area contributed by atoms with Crippen LogP contribution in [0.15, 0.2) is 0 Å². The summed E-state index contributed by atoms with van der Waals surface area (Å²) in [6.07, 6.45) is -0.795. The van der Waals surface area contributed by atoms with Gasteiger partial charge in [0.2, 0.25) is 23.6 Å². The SMILES string of the molecule is C[C@H](NC(=O)[C@@H](N)CC(N)=O)C(=O)N[C@@H](CCC(N)=O)C(=O)O. The minimum Gasteiger partial charge on any atom is -0.480 e. The lowest BCUT2D eigenvalue weighted by Crippen LogP contribution is -2.53. The highest BCUT2D eigenvalue weighted by Gasteiger charge is 2.25. The molecule has 4 amide bonds. The average Bonchev–Trinajstić information content (AvgIpc) is 2.41. The Morgan fingerprint density at radius 2 is 1.57 bits per heavy atom. The highest BCUT2D eigenvalue weighted by atomic mass is 16.4. The minimum atomic E-state index is -1.34. The molecule has 11 nitrogen and oxygen atoms in total. The number of hydrogen-bond donors (Lipinski definition) is 6. The number of hydrogen-bond acceptors (Lipinski definition) is 6. The van der Waals surface area contributed by atoms with E-state index in [-0.39, 0.29) is 12.8 Å². The smallest absolute Gasteiger partial charge is 0.326 e. The van der Waals surface area contributed by atoms with Crippen LogP contribution in [0.5, 0.6) is 0 Å². The summed E-state index contributed by atoms with van der Waals surface area (Å²) in [6, 6.07) is -3.64. The molecule has 0 saturated heterocycles. The molecule has 130 valence electrons. The molecule has 11 heteroatoms. The molecule has 9 N–H and O–H groups in total. The molecule has 0 aromatic heterocycles. The number of carbonyl (C=O) groups is 5. The predicted molar refractivity (Wildman–Crippen MR) is 77.4 cm³/mol. The molecule has 0 saturated carbocycles. The highest BCUT2D eigenvalue weighted by Crippen LogP contribution is 1.99. The van der Waals surface area contributed by atoms with Crippen molar-refractivity contribution in [2.24, 2.45) is 17.2 Å². The Morgan fingerprint density at radius 1 is 1.00 bits per heavy atom. The number of amides is 4. The first-order valence-corrected chi connectivity index (χ1v) is 6.70. The minimum absolute atomic E-state index is 0.182. The molecule has 0 heterocycles. The van der Waals surface area contributed by atoms with E-state index in [2.05, 4.69) is 10.6 Å². The summed E-state index contributed by atoms with van der Waals surface area (Å²) < 4.78 is 0. The van der Waals surface area contributed by atoms with Gasteiger partial charge in [0.25, 0.3) is 0 Å². The van der Waals surface area contributed by atoms with Crippen LogP contribution in [-0.4, -0.2) is 52.8 Å². The standard InChI is InChI=1S/C12H21N5O6/c1-5(16-11(21)6(13)4-9(15)19)10(20)17-7(12(22)23)2-3-8(14)18/h5-7H,2-4,13H2,1H3,(H2,14,18)(H2,15,19)(H,16,21)(H,17,20)(H,22,23)/t5-,6-,7-/m0/s1. The van der Waals surface area contributed by atoms with E-state index >= 15 is 0 Å². The molecule has 0 bridgehead atoms.